The highest BCUT2D eigenvalue weighted by Crippen LogP contribution is 2.22. The van der Waals surface area contributed by atoms with E-state index < -0.39 is 0 Å². The molecular formula is C14H31N3O. The van der Waals surface area contributed by atoms with E-state index in [0.717, 1.165) is 26.2 Å². The maximum Gasteiger partial charge on any atom is 0.0623 e. The Kier molecular flexibility index (Phi) is 6.57. The van der Waals surface area contributed by atoms with Crippen LogP contribution in [-0.4, -0.2) is 73.4 Å². The van der Waals surface area contributed by atoms with Gasteiger partial charge in [-0.25, -0.2) is 0 Å². The predicted molar refractivity (Wildman–Crippen MR) is 76.9 cm³/mol. The van der Waals surface area contributed by atoms with Gasteiger partial charge < -0.3 is 20.2 Å². The van der Waals surface area contributed by atoms with Gasteiger partial charge in [-0.2, -0.15) is 0 Å². The molecule has 4 nitrogen and oxygen atoms in total. The van der Waals surface area contributed by atoms with Gasteiger partial charge >= 0.3 is 0 Å². The molecule has 18 heavy (non-hydrogen) atoms. The molecule has 0 heterocycles. The zero-order chi connectivity index (χ0) is 13.6. The zero-order valence-electron chi connectivity index (χ0n) is 12.6. The first-order chi connectivity index (χ1) is 8.49. The van der Waals surface area contributed by atoms with Gasteiger partial charge in [-0.3, -0.25) is 0 Å². The standard InChI is InChI=1S/C14H31N3O/c1-5-17(10-6-9-16(3)4)11-14(2,12-18)15-13-7-8-13/h13,15,18H,5-12H2,1-4H3. The van der Waals surface area contributed by atoms with Crippen molar-refractivity contribution >= 4 is 0 Å². The van der Waals surface area contributed by atoms with Crippen LogP contribution in [0.3, 0.4) is 0 Å². The van der Waals surface area contributed by atoms with E-state index in [2.05, 4.69) is 43.1 Å². The number of aliphatic hydroxyl groups excluding tert-OH is 1. The Bertz CT molecular complexity index is 231. The van der Waals surface area contributed by atoms with Gasteiger partial charge in [0.1, 0.15) is 0 Å². The second-order valence-corrected chi connectivity index (χ2v) is 6.16. The minimum absolute atomic E-state index is 0.144. The number of hydrogen-bond acceptors (Lipinski definition) is 4. The molecule has 0 aromatic rings. The van der Waals surface area contributed by atoms with Crippen molar-refractivity contribution in [1.82, 2.24) is 15.1 Å². The molecule has 1 atom stereocenters. The molecule has 2 N–H and O–H groups in total. The van der Waals surface area contributed by atoms with Crippen LogP contribution < -0.4 is 5.32 Å². The number of hydrogen-bond donors (Lipinski definition) is 2. The van der Waals surface area contributed by atoms with Crippen molar-refractivity contribution in [2.75, 3.05) is 46.9 Å². The summed E-state index contributed by atoms with van der Waals surface area (Å²) in [5.41, 5.74) is -0.144. The highest BCUT2D eigenvalue weighted by Gasteiger charge is 2.33. The molecule has 0 amide bonds. The molecule has 1 saturated carbocycles. The Hall–Kier alpha value is -0.160. The first kappa shape index (κ1) is 15.9. The Morgan fingerprint density at radius 1 is 1.28 bits per heavy atom. The third kappa shape index (κ3) is 6.14. The van der Waals surface area contributed by atoms with Crippen molar-refractivity contribution in [3.63, 3.8) is 0 Å². The lowest BCUT2D eigenvalue weighted by atomic mass is 10.0. The van der Waals surface area contributed by atoms with Crippen LogP contribution in [0.5, 0.6) is 0 Å². The van der Waals surface area contributed by atoms with Gasteiger partial charge in [-0.1, -0.05) is 6.92 Å². The molecule has 0 spiro atoms. The smallest absolute Gasteiger partial charge is 0.0623 e. The van der Waals surface area contributed by atoms with E-state index in [9.17, 15) is 5.11 Å². The first-order valence-electron chi connectivity index (χ1n) is 7.24. The fourth-order valence-electron chi connectivity index (χ4n) is 2.31. The fourth-order valence-corrected chi connectivity index (χ4v) is 2.31. The Balaban J connectivity index is 2.33. The summed E-state index contributed by atoms with van der Waals surface area (Å²) in [6, 6.07) is 0.641. The molecule has 0 aliphatic heterocycles. The van der Waals surface area contributed by atoms with Crippen LogP contribution in [0.4, 0.5) is 0 Å². The molecule has 0 aromatic heterocycles. The molecule has 0 aromatic carbocycles. The van der Waals surface area contributed by atoms with E-state index in [-0.39, 0.29) is 12.1 Å². The van der Waals surface area contributed by atoms with Crippen LogP contribution in [0, 0.1) is 0 Å². The van der Waals surface area contributed by atoms with Crippen LogP contribution in [0.15, 0.2) is 0 Å². The van der Waals surface area contributed by atoms with Crippen LogP contribution in [0.1, 0.15) is 33.1 Å². The Labute approximate surface area is 112 Å². The van der Waals surface area contributed by atoms with Gasteiger partial charge in [-0.15, -0.1) is 0 Å². The number of aliphatic hydroxyl groups is 1. The first-order valence-corrected chi connectivity index (χ1v) is 7.24. The van der Waals surface area contributed by atoms with Gasteiger partial charge in [0.05, 0.1) is 12.1 Å². The highest BCUT2D eigenvalue weighted by molar-refractivity contribution is 4.94. The quantitative estimate of drug-likeness (QED) is 0.606. The molecule has 0 bridgehead atoms. The molecule has 1 fully saturated rings. The van der Waals surface area contributed by atoms with Gasteiger partial charge in [0.25, 0.3) is 0 Å². The molecule has 1 aliphatic carbocycles. The second kappa shape index (κ2) is 7.43. The number of nitrogens with one attached hydrogen (secondary N) is 1. The maximum atomic E-state index is 9.62. The molecule has 1 aliphatic rings. The summed E-state index contributed by atoms with van der Waals surface area (Å²) in [5.74, 6) is 0. The largest absolute Gasteiger partial charge is 0.394 e. The van der Waals surface area contributed by atoms with E-state index in [1.807, 2.05) is 0 Å². The Morgan fingerprint density at radius 3 is 2.39 bits per heavy atom. The summed E-state index contributed by atoms with van der Waals surface area (Å²) in [5, 5.41) is 13.2. The van der Waals surface area contributed by atoms with Crippen molar-refractivity contribution in [3.8, 4) is 0 Å². The van der Waals surface area contributed by atoms with Gasteiger partial charge in [-0.05, 0) is 59.9 Å². The molecular weight excluding hydrogens is 226 g/mol. The van der Waals surface area contributed by atoms with E-state index in [1.165, 1.54) is 19.3 Å². The van der Waals surface area contributed by atoms with Crippen molar-refractivity contribution in [2.24, 2.45) is 0 Å². The average molecular weight is 257 g/mol. The summed E-state index contributed by atoms with van der Waals surface area (Å²) in [7, 11) is 4.23. The second-order valence-electron chi connectivity index (χ2n) is 6.16. The van der Waals surface area contributed by atoms with Gasteiger partial charge in [0.2, 0.25) is 0 Å². The molecule has 0 radical (unpaired) electrons. The van der Waals surface area contributed by atoms with Crippen LogP contribution in [0.25, 0.3) is 0 Å². The predicted octanol–water partition coefficient (Wildman–Crippen LogP) is 0.763. The Morgan fingerprint density at radius 2 is 1.94 bits per heavy atom. The normalized spacial score (nSPS) is 19.5. The summed E-state index contributed by atoms with van der Waals surface area (Å²) in [6.07, 6.45) is 3.72. The summed E-state index contributed by atoms with van der Waals surface area (Å²) < 4.78 is 0. The lowest BCUT2D eigenvalue weighted by molar-refractivity contribution is 0.119. The third-order valence-electron chi connectivity index (χ3n) is 3.58. The highest BCUT2D eigenvalue weighted by atomic mass is 16.3. The van der Waals surface area contributed by atoms with Crippen LogP contribution >= 0.6 is 0 Å². The van der Waals surface area contributed by atoms with E-state index in [4.69, 9.17) is 0 Å². The molecule has 4 heteroatoms. The fraction of sp³-hybridized carbons (Fsp3) is 1.00. The minimum atomic E-state index is -0.144. The van der Waals surface area contributed by atoms with Gasteiger partial charge in [0, 0.05) is 12.6 Å². The lowest BCUT2D eigenvalue weighted by Crippen LogP contribution is -2.55. The minimum Gasteiger partial charge on any atom is -0.394 e. The zero-order valence-corrected chi connectivity index (χ0v) is 12.6. The number of likely N-dealkylation sites (N-methyl/N-ethyl adjacent to an activating group) is 1. The van der Waals surface area contributed by atoms with E-state index in [1.54, 1.807) is 0 Å². The van der Waals surface area contributed by atoms with Crippen molar-refractivity contribution in [2.45, 2.75) is 44.7 Å². The van der Waals surface area contributed by atoms with Gasteiger partial charge in [0.15, 0.2) is 0 Å². The van der Waals surface area contributed by atoms with Crippen molar-refractivity contribution < 1.29 is 5.11 Å². The lowest BCUT2D eigenvalue weighted by Gasteiger charge is -2.35. The maximum absolute atomic E-state index is 9.62. The topological polar surface area (TPSA) is 38.7 Å². The van der Waals surface area contributed by atoms with E-state index >= 15 is 0 Å². The molecule has 0 saturated heterocycles. The number of nitrogens with zero attached hydrogens (tertiary/aromatic N) is 2. The van der Waals surface area contributed by atoms with Crippen molar-refractivity contribution in [3.05, 3.63) is 0 Å². The summed E-state index contributed by atoms with van der Waals surface area (Å²) >= 11 is 0. The number of rotatable bonds is 10. The summed E-state index contributed by atoms with van der Waals surface area (Å²) in [4.78, 5) is 4.66. The van der Waals surface area contributed by atoms with E-state index in [0.29, 0.717) is 6.04 Å². The monoisotopic (exact) mass is 257 g/mol. The summed E-state index contributed by atoms with van der Waals surface area (Å²) in [6.45, 7) is 8.77. The SMILES string of the molecule is CCN(CCCN(C)C)CC(C)(CO)NC1CC1. The van der Waals surface area contributed by atoms with Crippen molar-refractivity contribution in [1.29, 1.82) is 0 Å². The third-order valence-corrected chi connectivity index (χ3v) is 3.58. The average Bonchev–Trinajstić information content (AvgIpc) is 3.11. The van der Waals surface area contributed by atoms with Crippen LogP contribution in [0.2, 0.25) is 0 Å². The van der Waals surface area contributed by atoms with Crippen LogP contribution in [-0.2, 0) is 0 Å². The molecule has 1 unspecified atom stereocenters. The molecule has 108 valence electrons. The molecule has 1 rings (SSSR count).